The molecule has 1 saturated heterocycles. The van der Waals surface area contributed by atoms with Crippen molar-refractivity contribution in [1.29, 1.82) is 0 Å². The lowest BCUT2D eigenvalue weighted by Crippen LogP contribution is -2.49. The summed E-state index contributed by atoms with van der Waals surface area (Å²) in [6.45, 7) is 6.41. The molecule has 104 valence electrons. The molecular weight excluding hydrogens is 244 g/mol. The van der Waals surface area contributed by atoms with E-state index < -0.39 is 0 Å². The van der Waals surface area contributed by atoms with Gasteiger partial charge >= 0.3 is 0 Å². The zero-order valence-electron chi connectivity index (χ0n) is 11.5. The Hall–Kier alpha value is -1.85. The third-order valence-electron chi connectivity index (χ3n) is 3.31. The van der Waals surface area contributed by atoms with Crippen LogP contribution in [0.3, 0.4) is 0 Å². The molecule has 2 rings (SSSR count). The van der Waals surface area contributed by atoms with Gasteiger partial charge in [-0.05, 0) is 6.42 Å². The molecule has 19 heavy (non-hydrogen) atoms. The van der Waals surface area contributed by atoms with Crippen LogP contribution in [0, 0.1) is 0 Å². The van der Waals surface area contributed by atoms with E-state index in [-0.39, 0.29) is 11.5 Å². The van der Waals surface area contributed by atoms with Crippen LogP contribution in [0.1, 0.15) is 26.0 Å². The molecule has 1 aliphatic rings. The summed E-state index contributed by atoms with van der Waals surface area (Å²) < 4.78 is 0. The maximum absolute atomic E-state index is 11.6. The summed E-state index contributed by atoms with van der Waals surface area (Å²) in [6, 6.07) is 1.55. The molecule has 1 fully saturated rings. The van der Waals surface area contributed by atoms with Crippen molar-refractivity contribution in [3.05, 3.63) is 22.1 Å². The van der Waals surface area contributed by atoms with Gasteiger partial charge < -0.3 is 9.80 Å². The molecule has 6 heteroatoms. The van der Waals surface area contributed by atoms with Crippen molar-refractivity contribution in [2.45, 2.75) is 26.7 Å². The van der Waals surface area contributed by atoms with Crippen molar-refractivity contribution in [2.24, 2.45) is 0 Å². The van der Waals surface area contributed by atoms with Crippen LogP contribution in [-0.2, 0) is 11.2 Å². The maximum atomic E-state index is 11.6. The zero-order valence-corrected chi connectivity index (χ0v) is 11.5. The highest BCUT2D eigenvalue weighted by Gasteiger charge is 2.20. The molecular formula is C13H20N4O2. The van der Waals surface area contributed by atoms with E-state index in [0.717, 1.165) is 18.5 Å². The number of nitrogens with zero attached hydrogens (tertiary/aromatic N) is 3. The molecule has 0 bridgehead atoms. The second-order valence-corrected chi connectivity index (χ2v) is 4.80. The predicted octanol–water partition coefficient (Wildman–Crippen LogP) is 0.391. The highest BCUT2D eigenvalue weighted by molar-refractivity contribution is 5.73. The Labute approximate surface area is 112 Å². The van der Waals surface area contributed by atoms with Gasteiger partial charge in [0.05, 0.1) is 0 Å². The van der Waals surface area contributed by atoms with Gasteiger partial charge in [0.1, 0.15) is 0 Å². The number of carbonyl (C=O) groups excluding carboxylic acids is 1. The normalized spacial score (nSPS) is 15.7. The van der Waals surface area contributed by atoms with E-state index in [9.17, 15) is 9.59 Å². The van der Waals surface area contributed by atoms with Gasteiger partial charge in [-0.1, -0.05) is 13.3 Å². The number of aromatic nitrogens is 2. The van der Waals surface area contributed by atoms with E-state index in [2.05, 4.69) is 16.9 Å². The fourth-order valence-corrected chi connectivity index (χ4v) is 2.26. The van der Waals surface area contributed by atoms with E-state index >= 15 is 0 Å². The zero-order chi connectivity index (χ0) is 13.8. The van der Waals surface area contributed by atoms with Gasteiger partial charge in [0, 0.05) is 44.9 Å². The van der Waals surface area contributed by atoms with E-state index in [1.54, 1.807) is 13.0 Å². The lowest BCUT2D eigenvalue weighted by molar-refractivity contribution is -0.129. The van der Waals surface area contributed by atoms with Gasteiger partial charge in [-0.15, -0.1) is 0 Å². The Balaban J connectivity index is 2.10. The van der Waals surface area contributed by atoms with Crippen LogP contribution in [0.2, 0.25) is 0 Å². The van der Waals surface area contributed by atoms with Crippen molar-refractivity contribution >= 4 is 11.9 Å². The van der Waals surface area contributed by atoms with E-state index in [4.69, 9.17) is 0 Å². The van der Waals surface area contributed by atoms with Crippen LogP contribution < -0.4 is 10.5 Å². The predicted molar refractivity (Wildman–Crippen MR) is 73.3 cm³/mol. The Kier molecular flexibility index (Phi) is 4.19. The van der Waals surface area contributed by atoms with Crippen molar-refractivity contribution in [2.75, 3.05) is 31.1 Å². The summed E-state index contributed by atoms with van der Waals surface area (Å²) in [5.41, 5.74) is 0.720. The first kappa shape index (κ1) is 13.6. The number of aryl methyl sites for hydroxylation is 1. The van der Waals surface area contributed by atoms with Gasteiger partial charge in [0.2, 0.25) is 11.9 Å². The minimum absolute atomic E-state index is 0.0980. The van der Waals surface area contributed by atoms with Gasteiger partial charge in [-0.2, -0.15) is 0 Å². The molecule has 0 spiro atoms. The number of hydrogen-bond acceptors (Lipinski definition) is 4. The Morgan fingerprint density at radius 3 is 2.63 bits per heavy atom. The third-order valence-corrected chi connectivity index (χ3v) is 3.31. The average Bonchev–Trinajstić information content (AvgIpc) is 2.38. The highest BCUT2D eigenvalue weighted by Crippen LogP contribution is 2.10. The van der Waals surface area contributed by atoms with Crippen molar-refractivity contribution < 1.29 is 4.79 Å². The maximum Gasteiger partial charge on any atom is 0.252 e. The summed E-state index contributed by atoms with van der Waals surface area (Å²) in [5, 5.41) is 0. The average molecular weight is 264 g/mol. The lowest BCUT2D eigenvalue weighted by Gasteiger charge is -2.34. The van der Waals surface area contributed by atoms with Gasteiger partial charge in [0.25, 0.3) is 5.56 Å². The Morgan fingerprint density at radius 1 is 1.37 bits per heavy atom. The molecule has 1 aromatic rings. The number of H-pyrrole nitrogens is 1. The number of amides is 1. The fourth-order valence-electron chi connectivity index (χ4n) is 2.26. The quantitative estimate of drug-likeness (QED) is 0.857. The first-order valence-electron chi connectivity index (χ1n) is 6.71. The van der Waals surface area contributed by atoms with Crippen molar-refractivity contribution in [3.8, 4) is 0 Å². The number of rotatable bonds is 3. The van der Waals surface area contributed by atoms with E-state index in [1.807, 2.05) is 9.80 Å². The molecule has 0 unspecified atom stereocenters. The van der Waals surface area contributed by atoms with Crippen LogP contribution in [-0.4, -0.2) is 47.0 Å². The standard InChI is InChI=1S/C13H20N4O2/c1-3-4-11-9-12(19)15-13(14-11)17-7-5-16(6-8-17)10(2)18/h9H,3-8H2,1-2H3,(H,14,15,19). The number of carbonyl (C=O) groups is 1. The van der Waals surface area contributed by atoms with Crippen LogP contribution in [0.15, 0.2) is 10.9 Å². The highest BCUT2D eigenvalue weighted by atomic mass is 16.2. The van der Waals surface area contributed by atoms with Crippen LogP contribution in [0.25, 0.3) is 0 Å². The molecule has 1 aromatic heterocycles. The minimum atomic E-state index is -0.109. The molecule has 0 saturated carbocycles. The molecule has 1 amide bonds. The molecule has 0 radical (unpaired) electrons. The summed E-state index contributed by atoms with van der Waals surface area (Å²) >= 11 is 0. The monoisotopic (exact) mass is 264 g/mol. The first-order chi connectivity index (χ1) is 9.10. The first-order valence-corrected chi connectivity index (χ1v) is 6.71. The second kappa shape index (κ2) is 5.86. The smallest absolute Gasteiger partial charge is 0.252 e. The number of aromatic amines is 1. The van der Waals surface area contributed by atoms with Gasteiger partial charge in [-0.25, -0.2) is 4.98 Å². The van der Waals surface area contributed by atoms with Crippen molar-refractivity contribution in [3.63, 3.8) is 0 Å². The molecule has 0 aliphatic carbocycles. The molecule has 1 aliphatic heterocycles. The Bertz CT molecular complexity index is 504. The largest absolute Gasteiger partial charge is 0.339 e. The number of hydrogen-bond donors (Lipinski definition) is 1. The van der Waals surface area contributed by atoms with Crippen LogP contribution in [0.4, 0.5) is 5.95 Å². The SMILES string of the molecule is CCCc1cc(=O)[nH]c(N2CCN(C(C)=O)CC2)n1. The molecule has 2 heterocycles. The number of anilines is 1. The van der Waals surface area contributed by atoms with E-state index in [1.165, 1.54) is 0 Å². The van der Waals surface area contributed by atoms with Crippen LogP contribution >= 0.6 is 0 Å². The summed E-state index contributed by atoms with van der Waals surface area (Å²) in [5.74, 6) is 0.722. The molecule has 6 nitrogen and oxygen atoms in total. The Morgan fingerprint density at radius 2 is 2.05 bits per heavy atom. The number of nitrogens with one attached hydrogen (secondary N) is 1. The molecule has 1 N–H and O–H groups in total. The van der Waals surface area contributed by atoms with Crippen molar-refractivity contribution in [1.82, 2.24) is 14.9 Å². The van der Waals surface area contributed by atoms with Gasteiger partial charge in [0.15, 0.2) is 0 Å². The fraction of sp³-hybridized carbons (Fsp3) is 0.615. The summed E-state index contributed by atoms with van der Waals surface area (Å²) in [4.78, 5) is 34.0. The van der Waals surface area contributed by atoms with Gasteiger partial charge in [-0.3, -0.25) is 14.6 Å². The lowest BCUT2D eigenvalue weighted by atomic mass is 10.2. The van der Waals surface area contributed by atoms with Crippen LogP contribution in [0.5, 0.6) is 0 Å². The number of piperazine rings is 1. The second-order valence-electron chi connectivity index (χ2n) is 4.80. The van der Waals surface area contributed by atoms with E-state index in [0.29, 0.717) is 32.1 Å². The molecule has 0 atom stereocenters. The third kappa shape index (κ3) is 3.33. The summed E-state index contributed by atoms with van der Waals surface area (Å²) in [7, 11) is 0. The molecule has 0 aromatic carbocycles. The topological polar surface area (TPSA) is 69.3 Å². The summed E-state index contributed by atoms with van der Waals surface area (Å²) in [6.07, 6.45) is 1.78. The minimum Gasteiger partial charge on any atom is -0.339 e.